The van der Waals surface area contributed by atoms with Crippen LogP contribution >= 0.6 is 0 Å². The average molecular weight is 292 g/mol. The van der Waals surface area contributed by atoms with E-state index in [0.29, 0.717) is 0 Å². The Morgan fingerprint density at radius 3 is 1.67 bits per heavy atom. The normalized spacial score (nSPS) is 4.00. The summed E-state index contributed by atoms with van der Waals surface area (Å²) in [6.07, 6.45) is 0. The van der Waals surface area contributed by atoms with Crippen molar-refractivity contribution in [2.75, 3.05) is 0 Å². The van der Waals surface area contributed by atoms with Crippen LogP contribution in [0.15, 0.2) is 0 Å². The van der Waals surface area contributed by atoms with Gasteiger partial charge in [0.15, 0.2) is 0 Å². The van der Waals surface area contributed by atoms with Crippen LogP contribution in [-0.4, -0.2) is 105 Å². The number of nitrogens with zero attached hydrogens (tertiary/aromatic N) is 1. The van der Waals surface area contributed by atoms with E-state index in [4.69, 9.17) is 15.3 Å². The van der Waals surface area contributed by atoms with E-state index in [-0.39, 0.29) is 94.4 Å². The van der Waals surface area contributed by atoms with E-state index < -0.39 is 5.09 Å². The Balaban J connectivity index is -0.0000000450. The van der Waals surface area contributed by atoms with Gasteiger partial charge in [0.2, 0.25) is 0 Å². The van der Waals surface area contributed by atoms with Gasteiger partial charge in [-0.25, -0.2) is 0 Å². The molecule has 0 aliphatic rings. The number of rotatable bonds is 0. The van der Waals surface area contributed by atoms with Gasteiger partial charge in [-0.3, -0.25) is 0 Å². The first-order chi connectivity index (χ1) is 1.73. The fourth-order valence-electron chi connectivity index (χ4n) is 0. The molecule has 6 heteroatoms. The van der Waals surface area contributed by atoms with Gasteiger partial charge in [-0.05, 0) is 0 Å². The van der Waals surface area contributed by atoms with Crippen LogP contribution in [0.2, 0.25) is 0 Å². The van der Waals surface area contributed by atoms with Crippen LogP contribution in [0.5, 0.6) is 0 Å². The third-order valence-electron chi connectivity index (χ3n) is 0. The molecule has 4 nitrogen and oxygen atoms in total. The van der Waals surface area contributed by atoms with E-state index in [1.54, 1.807) is 0 Å². The average Bonchev–Trinajstić information content (AvgIpc) is 0.811. The van der Waals surface area contributed by atoms with Crippen LogP contribution in [0.25, 0.3) is 0 Å². The van der Waals surface area contributed by atoms with Gasteiger partial charge in [0.25, 0.3) is 5.09 Å². The molecule has 0 aliphatic heterocycles. The summed E-state index contributed by atoms with van der Waals surface area (Å²) in [5.74, 6) is 0. The molecular formula is H5BaNO3Sr. The van der Waals surface area contributed by atoms with Crippen molar-refractivity contribution >= 4 is 94.4 Å². The van der Waals surface area contributed by atoms with Crippen LogP contribution in [0, 0.1) is 10.1 Å². The van der Waals surface area contributed by atoms with Crippen molar-refractivity contribution in [1.82, 2.24) is 0 Å². The molecule has 0 aromatic carbocycles. The molecule has 0 saturated carbocycles. The minimum absolute atomic E-state index is 0. The Morgan fingerprint density at radius 2 is 1.67 bits per heavy atom. The molecule has 32 valence electrons. The molecular weight excluding hydrogens is 287 g/mol. The van der Waals surface area contributed by atoms with E-state index in [0.717, 1.165) is 0 Å². The van der Waals surface area contributed by atoms with Gasteiger partial charge >= 0.3 is 94.4 Å². The van der Waals surface area contributed by atoms with E-state index in [2.05, 4.69) is 0 Å². The van der Waals surface area contributed by atoms with Crippen molar-refractivity contribution in [1.29, 1.82) is 0 Å². The van der Waals surface area contributed by atoms with Crippen LogP contribution in [0.4, 0.5) is 0 Å². The Hall–Kier alpha value is 2.25. The molecule has 0 fully saturated rings. The topological polar surface area (TPSA) is 63.4 Å². The quantitative estimate of drug-likeness (QED) is 0.314. The van der Waals surface area contributed by atoms with E-state index in [1.165, 1.54) is 0 Å². The molecule has 0 unspecified atom stereocenters. The summed E-state index contributed by atoms with van der Waals surface area (Å²) in [6, 6.07) is 0. The second kappa shape index (κ2) is 10.3. The van der Waals surface area contributed by atoms with Gasteiger partial charge in [-0.2, -0.15) is 0 Å². The summed E-state index contributed by atoms with van der Waals surface area (Å²) >= 11 is 0. The van der Waals surface area contributed by atoms with E-state index in [9.17, 15) is 0 Å². The first-order valence-electron chi connectivity index (χ1n) is 0.565. The van der Waals surface area contributed by atoms with Gasteiger partial charge in [0.1, 0.15) is 0 Å². The molecule has 0 aromatic rings. The number of hydrogen-bond donors (Lipinski definition) is 1. The fraction of sp³-hybridized carbons (Fsp3) is 0. The zero-order valence-corrected chi connectivity index (χ0v) is 1.71. The monoisotopic (exact) mass is 293 g/mol. The van der Waals surface area contributed by atoms with Gasteiger partial charge in [-0.15, -0.1) is 10.1 Å². The predicted octanol–water partition coefficient (Wildman–Crippen LogP) is -2.18. The SMILES string of the molecule is O=[N+]([O-])O.[BaH2].[SrH2]. The zero-order valence-electron chi connectivity index (χ0n) is 1.71. The molecule has 0 spiro atoms. The van der Waals surface area contributed by atoms with Crippen molar-refractivity contribution in [2.45, 2.75) is 0 Å². The Labute approximate surface area is 112 Å². The molecule has 0 aliphatic carbocycles. The zero-order chi connectivity index (χ0) is 3.58. The second-order valence-corrected chi connectivity index (χ2v) is 0.238. The molecule has 0 rings (SSSR count). The summed E-state index contributed by atoms with van der Waals surface area (Å²) in [5.41, 5.74) is 0. The summed E-state index contributed by atoms with van der Waals surface area (Å²) in [4.78, 5) is 8.36. The molecule has 0 saturated heterocycles. The summed E-state index contributed by atoms with van der Waals surface area (Å²) < 4.78 is 0. The maximum atomic E-state index is 8.36. The van der Waals surface area contributed by atoms with Crippen LogP contribution < -0.4 is 0 Å². The summed E-state index contributed by atoms with van der Waals surface area (Å²) in [7, 11) is 0. The van der Waals surface area contributed by atoms with Crippen LogP contribution in [0.1, 0.15) is 0 Å². The second-order valence-electron chi connectivity index (χ2n) is 0.238. The molecule has 0 amide bonds. The van der Waals surface area contributed by atoms with Gasteiger partial charge in [-0.1, -0.05) is 0 Å². The summed E-state index contributed by atoms with van der Waals surface area (Å²) in [6.45, 7) is 0. The van der Waals surface area contributed by atoms with E-state index >= 15 is 0 Å². The Kier molecular flexibility index (Phi) is 26.9. The molecule has 0 aromatic heterocycles. The molecule has 0 bridgehead atoms. The minimum atomic E-state index is -1.50. The predicted molar refractivity (Wildman–Crippen MR) is 25.9 cm³/mol. The van der Waals surface area contributed by atoms with Crippen molar-refractivity contribution in [2.24, 2.45) is 0 Å². The number of hydrogen-bond acceptors (Lipinski definition) is 2. The fourth-order valence-corrected chi connectivity index (χ4v) is 0. The first-order valence-corrected chi connectivity index (χ1v) is 0.565. The summed E-state index contributed by atoms with van der Waals surface area (Å²) in [5, 5.41) is 13.6. The Bertz CT molecular complexity index is 33.8. The maximum absolute atomic E-state index is 8.36. The molecule has 0 radical (unpaired) electrons. The van der Waals surface area contributed by atoms with E-state index in [1.807, 2.05) is 0 Å². The standard InChI is InChI=1S/Ba.HNO3.Sr.4H/c;2-1(3)4;;;;;/h;(H,2,3,4);;;;;. The Morgan fingerprint density at radius 1 is 1.67 bits per heavy atom. The first kappa shape index (κ1) is 15.7. The van der Waals surface area contributed by atoms with Crippen molar-refractivity contribution in [3.8, 4) is 0 Å². The van der Waals surface area contributed by atoms with Crippen LogP contribution in [-0.2, 0) is 0 Å². The van der Waals surface area contributed by atoms with Crippen molar-refractivity contribution < 1.29 is 10.3 Å². The molecule has 0 atom stereocenters. The van der Waals surface area contributed by atoms with Crippen LogP contribution in [0.3, 0.4) is 0 Å². The van der Waals surface area contributed by atoms with Gasteiger partial charge in [0.05, 0.1) is 0 Å². The van der Waals surface area contributed by atoms with Gasteiger partial charge in [0, 0.05) is 0 Å². The molecule has 6 heavy (non-hydrogen) atoms. The third kappa shape index (κ3) is 34.0. The van der Waals surface area contributed by atoms with Crippen molar-refractivity contribution in [3.63, 3.8) is 0 Å². The van der Waals surface area contributed by atoms with Crippen molar-refractivity contribution in [3.05, 3.63) is 10.1 Å². The van der Waals surface area contributed by atoms with Gasteiger partial charge < -0.3 is 5.21 Å². The molecule has 0 heterocycles. The third-order valence-corrected chi connectivity index (χ3v) is 0. The molecule has 1 N–H and O–H groups in total.